The summed E-state index contributed by atoms with van der Waals surface area (Å²) in [5.41, 5.74) is 3.78. The van der Waals surface area contributed by atoms with E-state index in [1.54, 1.807) is 31.8 Å². The summed E-state index contributed by atoms with van der Waals surface area (Å²) in [7, 11) is 3.18. The fourth-order valence-electron chi connectivity index (χ4n) is 3.64. The highest BCUT2D eigenvalue weighted by atomic mass is 32.1. The quantitative estimate of drug-likeness (QED) is 0.355. The van der Waals surface area contributed by atoms with Crippen molar-refractivity contribution in [1.82, 2.24) is 5.01 Å². The first-order valence-corrected chi connectivity index (χ1v) is 11.3. The minimum Gasteiger partial charge on any atom is -0.493 e. The van der Waals surface area contributed by atoms with E-state index < -0.39 is 0 Å². The molecule has 1 atom stereocenters. The van der Waals surface area contributed by atoms with Crippen molar-refractivity contribution in [3.63, 3.8) is 0 Å². The maximum absolute atomic E-state index is 13.1. The molecule has 1 amide bonds. The molecule has 4 rings (SSSR count). The van der Waals surface area contributed by atoms with Gasteiger partial charge in [0, 0.05) is 6.42 Å². The van der Waals surface area contributed by atoms with Gasteiger partial charge in [-0.1, -0.05) is 41.6 Å². The van der Waals surface area contributed by atoms with Crippen LogP contribution in [0.4, 0.5) is 0 Å². The zero-order valence-electron chi connectivity index (χ0n) is 18.7. The van der Waals surface area contributed by atoms with E-state index >= 15 is 0 Å². The molecule has 0 fully saturated rings. The molecule has 170 valence electrons. The van der Waals surface area contributed by atoms with Crippen molar-refractivity contribution >= 4 is 29.2 Å². The SMILES string of the molecule is COc1ccc(C2CC(c3cccs3)=NN2C(=O)CO/N=C/c2ccccc2C)cc1OC. The summed E-state index contributed by atoms with van der Waals surface area (Å²) >= 11 is 1.60. The van der Waals surface area contributed by atoms with E-state index in [9.17, 15) is 4.79 Å². The number of benzene rings is 2. The molecule has 33 heavy (non-hydrogen) atoms. The lowest BCUT2D eigenvalue weighted by Crippen LogP contribution is -2.30. The zero-order chi connectivity index (χ0) is 23.2. The normalized spacial score (nSPS) is 15.5. The highest BCUT2D eigenvalue weighted by Crippen LogP contribution is 2.37. The Labute approximate surface area is 196 Å². The summed E-state index contributed by atoms with van der Waals surface area (Å²) in [4.78, 5) is 19.4. The molecule has 1 unspecified atom stereocenters. The van der Waals surface area contributed by atoms with E-state index in [-0.39, 0.29) is 18.6 Å². The van der Waals surface area contributed by atoms with Gasteiger partial charge in [-0.05, 0) is 47.2 Å². The Morgan fingerprint density at radius 3 is 2.70 bits per heavy atom. The van der Waals surface area contributed by atoms with Gasteiger partial charge in [-0.25, -0.2) is 5.01 Å². The van der Waals surface area contributed by atoms with Crippen LogP contribution < -0.4 is 9.47 Å². The fourth-order valence-corrected chi connectivity index (χ4v) is 4.36. The number of oxime groups is 1. The third-order valence-electron chi connectivity index (χ3n) is 5.41. The molecule has 8 heteroatoms. The molecule has 0 saturated heterocycles. The van der Waals surface area contributed by atoms with E-state index in [1.165, 1.54) is 5.01 Å². The molecule has 0 N–H and O–H groups in total. The Morgan fingerprint density at radius 2 is 1.97 bits per heavy atom. The highest BCUT2D eigenvalue weighted by molar-refractivity contribution is 7.12. The summed E-state index contributed by atoms with van der Waals surface area (Å²) < 4.78 is 10.8. The standard InChI is InChI=1S/C25H25N3O4S/c1-17-7-4-5-8-19(17)15-26-32-16-25(29)28-21(14-20(27-28)24-9-6-12-33-24)18-10-11-22(30-2)23(13-18)31-3/h4-13,15,21H,14,16H2,1-3H3/b26-15+. The van der Waals surface area contributed by atoms with Crippen LogP contribution in [0.15, 0.2) is 70.2 Å². The number of methoxy groups -OCH3 is 2. The third kappa shape index (κ3) is 5.06. The van der Waals surface area contributed by atoms with E-state index in [0.717, 1.165) is 27.3 Å². The Morgan fingerprint density at radius 1 is 1.15 bits per heavy atom. The van der Waals surface area contributed by atoms with Gasteiger partial charge >= 0.3 is 0 Å². The van der Waals surface area contributed by atoms with Crippen molar-refractivity contribution in [2.75, 3.05) is 20.8 Å². The van der Waals surface area contributed by atoms with Gasteiger partial charge < -0.3 is 14.3 Å². The van der Waals surface area contributed by atoms with Crippen molar-refractivity contribution < 1.29 is 19.1 Å². The summed E-state index contributed by atoms with van der Waals surface area (Å²) in [5, 5.41) is 12.1. The molecular formula is C25H25N3O4S. The molecule has 1 aliphatic rings. The van der Waals surface area contributed by atoms with Gasteiger partial charge in [0.2, 0.25) is 0 Å². The van der Waals surface area contributed by atoms with Crippen LogP contribution in [0.1, 0.15) is 34.0 Å². The van der Waals surface area contributed by atoms with Gasteiger partial charge in [-0.3, -0.25) is 4.79 Å². The lowest BCUT2D eigenvalue weighted by atomic mass is 10.0. The number of carbonyl (C=O) groups is 1. The summed E-state index contributed by atoms with van der Waals surface area (Å²) in [6.45, 7) is 1.78. The predicted octanol–water partition coefficient (Wildman–Crippen LogP) is 4.80. The second-order valence-electron chi connectivity index (χ2n) is 7.46. The Bertz CT molecular complexity index is 1170. The first kappa shape index (κ1) is 22.5. The van der Waals surface area contributed by atoms with Crippen molar-refractivity contribution in [3.8, 4) is 11.5 Å². The Balaban J connectivity index is 1.53. The number of ether oxygens (including phenoxy) is 2. The molecule has 2 aromatic carbocycles. The van der Waals surface area contributed by atoms with Crippen LogP contribution in [0.3, 0.4) is 0 Å². The molecule has 0 spiro atoms. The molecule has 0 bridgehead atoms. The molecule has 0 saturated carbocycles. The van der Waals surface area contributed by atoms with Crippen LogP contribution in [0, 0.1) is 6.92 Å². The largest absolute Gasteiger partial charge is 0.493 e. The maximum Gasteiger partial charge on any atom is 0.283 e. The van der Waals surface area contributed by atoms with E-state index in [0.29, 0.717) is 17.9 Å². The summed E-state index contributed by atoms with van der Waals surface area (Å²) in [5.74, 6) is 0.958. The summed E-state index contributed by atoms with van der Waals surface area (Å²) in [6, 6.07) is 17.2. The minimum absolute atomic E-state index is 0.215. The van der Waals surface area contributed by atoms with Gasteiger partial charge in [0.1, 0.15) is 0 Å². The number of hydrazone groups is 1. The van der Waals surface area contributed by atoms with Crippen molar-refractivity contribution in [3.05, 3.63) is 81.5 Å². The van der Waals surface area contributed by atoms with Crippen LogP contribution in [0.25, 0.3) is 0 Å². The van der Waals surface area contributed by atoms with E-state index in [1.807, 2.05) is 66.9 Å². The summed E-state index contributed by atoms with van der Waals surface area (Å²) in [6.07, 6.45) is 2.20. The molecule has 1 aromatic heterocycles. The van der Waals surface area contributed by atoms with Crippen molar-refractivity contribution in [1.29, 1.82) is 0 Å². The monoisotopic (exact) mass is 463 g/mol. The molecule has 3 aromatic rings. The van der Waals surface area contributed by atoms with Gasteiger partial charge in [-0.15, -0.1) is 11.3 Å². The lowest BCUT2D eigenvalue weighted by Gasteiger charge is -2.22. The lowest BCUT2D eigenvalue weighted by molar-refractivity contribution is -0.137. The van der Waals surface area contributed by atoms with Gasteiger partial charge in [0.25, 0.3) is 5.91 Å². The van der Waals surface area contributed by atoms with Crippen molar-refractivity contribution in [2.24, 2.45) is 10.3 Å². The van der Waals surface area contributed by atoms with Gasteiger partial charge in [-0.2, -0.15) is 5.10 Å². The average molecular weight is 464 g/mol. The highest BCUT2D eigenvalue weighted by Gasteiger charge is 2.34. The number of rotatable bonds is 8. The van der Waals surface area contributed by atoms with Crippen LogP contribution in [0.2, 0.25) is 0 Å². The minimum atomic E-state index is -0.279. The number of nitrogens with zero attached hydrogens (tertiary/aromatic N) is 3. The Hall–Kier alpha value is -3.65. The number of aryl methyl sites for hydroxylation is 1. The van der Waals surface area contributed by atoms with E-state index in [2.05, 4.69) is 10.3 Å². The number of carbonyl (C=O) groups excluding carboxylic acids is 1. The molecule has 0 radical (unpaired) electrons. The molecule has 0 aliphatic carbocycles. The number of thiophene rings is 1. The van der Waals surface area contributed by atoms with Crippen LogP contribution in [-0.4, -0.2) is 43.7 Å². The molecule has 1 aliphatic heterocycles. The average Bonchev–Trinajstić information content (AvgIpc) is 3.52. The molecular weight excluding hydrogens is 438 g/mol. The number of hydrogen-bond donors (Lipinski definition) is 0. The molecule has 7 nitrogen and oxygen atoms in total. The second-order valence-corrected chi connectivity index (χ2v) is 8.41. The number of amides is 1. The first-order valence-electron chi connectivity index (χ1n) is 10.5. The van der Waals surface area contributed by atoms with Crippen molar-refractivity contribution in [2.45, 2.75) is 19.4 Å². The van der Waals surface area contributed by atoms with Crippen LogP contribution in [0.5, 0.6) is 11.5 Å². The topological polar surface area (TPSA) is 72.7 Å². The van der Waals surface area contributed by atoms with Crippen LogP contribution >= 0.6 is 11.3 Å². The Kier molecular flexibility index (Phi) is 7.04. The third-order valence-corrected chi connectivity index (χ3v) is 6.33. The smallest absolute Gasteiger partial charge is 0.283 e. The number of hydrogen-bond acceptors (Lipinski definition) is 7. The van der Waals surface area contributed by atoms with E-state index in [4.69, 9.17) is 14.3 Å². The zero-order valence-corrected chi connectivity index (χ0v) is 19.5. The predicted molar refractivity (Wildman–Crippen MR) is 129 cm³/mol. The first-order chi connectivity index (χ1) is 16.1. The van der Waals surface area contributed by atoms with Gasteiger partial charge in [0.15, 0.2) is 18.1 Å². The van der Waals surface area contributed by atoms with Crippen LogP contribution in [-0.2, 0) is 9.63 Å². The maximum atomic E-state index is 13.1. The fraction of sp³-hybridized carbons (Fsp3) is 0.240. The second kappa shape index (κ2) is 10.3. The van der Waals surface area contributed by atoms with Gasteiger partial charge in [0.05, 0.1) is 37.1 Å². The molecule has 2 heterocycles.